The Morgan fingerprint density at radius 1 is 1.21 bits per heavy atom. The molecular formula is C14H20ClN3O. The summed E-state index contributed by atoms with van der Waals surface area (Å²) in [4.78, 5) is 4.37. The van der Waals surface area contributed by atoms with Crippen molar-refractivity contribution in [1.82, 2.24) is 10.1 Å². The first-order chi connectivity index (χ1) is 8.47. The van der Waals surface area contributed by atoms with E-state index in [0.717, 1.165) is 0 Å². The Kier molecular flexibility index (Phi) is 5.09. The third kappa shape index (κ3) is 4.04. The summed E-state index contributed by atoms with van der Waals surface area (Å²) in [5, 5.41) is 3.98. The van der Waals surface area contributed by atoms with Crippen LogP contribution in [-0.4, -0.2) is 10.1 Å². The van der Waals surface area contributed by atoms with Crippen LogP contribution in [-0.2, 0) is 11.8 Å². The number of hydrogen-bond donors (Lipinski definition) is 1. The standard InChI is InChI=1S/C14H19N3O.ClH/c1-14(2,3)13-16-12(18-17-13)11(15)9-10-7-5-4-6-8-10;/h4-8,11H,9,15H2,1-3H3;1H/t11-;/m0./s1. The molecule has 0 bridgehead atoms. The van der Waals surface area contributed by atoms with Crippen LogP contribution in [0.4, 0.5) is 0 Å². The molecule has 2 aromatic rings. The second-order valence-corrected chi connectivity index (χ2v) is 5.50. The summed E-state index contributed by atoms with van der Waals surface area (Å²) >= 11 is 0. The molecule has 0 aliphatic heterocycles. The van der Waals surface area contributed by atoms with Crippen molar-refractivity contribution in [2.24, 2.45) is 5.73 Å². The molecule has 0 saturated heterocycles. The maximum absolute atomic E-state index is 6.09. The number of nitrogens with two attached hydrogens (primary N) is 1. The minimum absolute atomic E-state index is 0. The van der Waals surface area contributed by atoms with Gasteiger partial charge in [0.25, 0.3) is 0 Å². The molecule has 2 rings (SSSR count). The van der Waals surface area contributed by atoms with Crippen molar-refractivity contribution in [3.05, 3.63) is 47.6 Å². The van der Waals surface area contributed by atoms with Gasteiger partial charge in [-0.15, -0.1) is 12.4 Å². The van der Waals surface area contributed by atoms with Crippen LogP contribution in [0.25, 0.3) is 0 Å². The number of rotatable bonds is 3. The van der Waals surface area contributed by atoms with Crippen molar-refractivity contribution in [3.8, 4) is 0 Å². The SMILES string of the molecule is CC(C)(C)c1noc([C@@H](N)Cc2ccccc2)n1.Cl. The van der Waals surface area contributed by atoms with E-state index in [1.165, 1.54) is 5.56 Å². The summed E-state index contributed by atoms with van der Waals surface area (Å²) in [5.41, 5.74) is 7.14. The molecule has 2 N–H and O–H groups in total. The van der Waals surface area contributed by atoms with Crippen LogP contribution in [0.1, 0.15) is 44.1 Å². The fourth-order valence-electron chi connectivity index (χ4n) is 1.65. The average Bonchev–Trinajstić information content (AvgIpc) is 2.79. The van der Waals surface area contributed by atoms with Crippen LogP contribution in [0.2, 0.25) is 0 Å². The summed E-state index contributed by atoms with van der Waals surface area (Å²) in [6.07, 6.45) is 0.701. The van der Waals surface area contributed by atoms with Crippen molar-refractivity contribution in [2.75, 3.05) is 0 Å². The maximum atomic E-state index is 6.09. The number of hydrogen-bond acceptors (Lipinski definition) is 4. The molecule has 5 heteroatoms. The Balaban J connectivity index is 0.00000180. The normalized spacial score (nSPS) is 12.8. The van der Waals surface area contributed by atoms with Crippen LogP contribution in [0.15, 0.2) is 34.9 Å². The Morgan fingerprint density at radius 3 is 2.37 bits per heavy atom. The lowest BCUT2D eigenvalue weighted by Gasteiger charge is -2.11. The summed E-state index contributed by atoms with van der Waals surface area (Å²) in [6, 6.07) is 9.81. The van der Waals surface area contributed by atoms with E-state index in [0.29, 0.717) is 18.1 Å². The first-order valence-corrected chi connectivity index (χ1v) is 6.10. The van der Waals surface area contributed by atoms with E-state index in [2.05, 4.69) is 10.1 Å². The quantitative estimate of drug-likeness (QED) is 0.939. The second-order valence-electron chi connectivity index (χ2n) is 5.50. The van der Waals surface area contributed by atoms with Gasteiger partial charge in [-0.05, 0) is 12.0 Å². The summed E-state index contributed by atoms with van der Waals surface area (Å²) in [7, 11) is 0. The molecule has 0 amide bonds. The second kappa shape index (κ2) is 6.17. The van der Waals surface area contributed by atoms with Gasteiger partial charge in [-0.25, -0.2) is 0 Å². The van der Waals surface area contributed by atoms with E-state index in [4.69, 9.17) is 10.3 Å². The zero-order valence-corrected chi connectivity index (χ0v) is 12.3. The van der Waals surface area contributed by atoms with Crippen LogP contribution >= 0.6 is 12.4 Å². The summed E-state index contributed by atoms with van der Waals surface area (Å²) < 4.78 is 5.24. The lowest BCUT2D eigenvalue weighted by molar-refractivity contribution is 0.343. The third-order valence-electron chi connectivity index (χ3n) is 2.73. The Hall–Kier alpha value is -1.39. The molecule has 104 valence electrons. The van der Waals surface area contributed by atoms with Crippen LogP contribution < -0.4 is 5.73 Å². The minimum atomic E-state index is -0.254. The van der Waals surface area contributed by atoms with Gasteiger partial charge in [0.15, 0.2) is 5.82 Å². The van der Waals surface area contributed by atoms with Crippen molar-refractivity contribution < 1.29 is 4.52 Å². The molecule has 0 saturated carbocycles. The minimum Gasteiger partial charge on any atom is -0.338 e. The molecular weight excluding hydrogens is 262 g/mol. The van der Waals surface area contributed by atoms with Gasteiger partial charge in [-0.3, -0.25) is 0 Å². The fraction of sp³-hybridized carbons (Fsp3) is 0.429. The van der Waals surface area contributed by atoms with Crippen molar-refractivity contribution in [2.45, 2.75) is 38.6 Å². The predicted octanol–water partition coefficient (Wildman–Crippen LogP) is 3.03. The first kappa shape index (κ1) is 15.7. The largest absolute Gasteiger partial charge is 0.338 e. The molecule has 0 unspecified atom stereocenters. The number of aromatic nitrogens is 2. The molecule has 0 radical (unpaired) electrons. The zero-order chi connectivity index (χ0) is 13.2. The van der Waals surface area contributed by atoms with E-state index in [1.807, 2.05) is 51.1 Å². The van der Waals surface area contributed by atoms with E-state index in [9.17, 15) is 0 Å². The maximum Gasteiger partial charge on any atom is 0.243 e. The number of benzene rings is 1. The highest BCUT2D eigenvalue weighted by Gasteiger charge is 2.23. The Morgan fingerprint density at radius 2 is 1.84 bits per heavy atom. The van der Waals surface area contributed by atoms with Gasteiger partial charge in [-0.1, -0.05) is 56.3 Å². The van der Waals surface area contributed by atoms with Gasteiger partial charge in [-0.2, -0.15) is 4.98 Å². The fourth-order valence-corrected chi connectivity index (χ4v) is 1.65. The smallest absolute Gasteiger partial charge is 0.243 e. The van der Waals surface area contributed by atoms with Crippen molar-refractivity contribution >= 4 is 12.4 Å². The van der Waals surface area contributed by atoms with Gasteiger partial charge >= 0.3 is 0 Å². The van der Waals surface area contributed by atoms with Gasteiger partial charge in [0, 0.05) is 5.41 Å². The van der Waals surface area contributed by atoms with Crippen LogP contribution in [0, 0.1) is 0 Å². The van der Waals surface area contributed by atoms with Gasteiger partial charge in [0.05, 0.1) is 6.04 Å². The van der Waals surface area contributed by atoms with Crippen LogP contribution in [0.3, 0.4) is 0 Å². The van der Waals surface area contributed by atoms with Crippen molar-refractivity contribution in [3.63, 3.8) is 0 Å². The highest BCUT2D eigenvalue weighted by Crippen LogP contribution is 2.21. The first-order valence-electron chi connectivity index (χ1n) is 6.10. The molecule has 1 aromatic carbocycles. The highest BCUT2D eigenvalue weighted by atomic mass is 35.5. The molecule has 19 heavy (non-hydrogen) atoms. The van der Waals surface area contributed by atoms with Gasteiger partial charge in [0.1, 0.15) is 0 Å². The molecule has 0 aliphatic rings. The molecule has 0 fully saturated rings. The molecule has 4 nitrogen and oxygen atoms in total. The summed E-state index contributed by atoms with van der Waals surface area (Å²) in [6.45, 7) is 6.14. The van der Waals surface area contributed by atoms with E-state index < -0.39 is 0 Å². The molecule has 1 heterocycles. The Labute approximate surface area is 119 Å². The molecule has 1 atom stereocenters. The average molecular weight is 282 g/mol. The predicted molar refractivity (Wildman–Crippen MR) is 77.3 cm³/mol. The van der Waals surface area contributed by atoms with E-state index >= 15 is 0 Å². The number of nitrogens with zero attached hydrogens (tertiary/aromatic N) is 2. The number of halogens is 1. The lowest BCUT2D eigenvalue weighted by atomic mass is 9.96. The topological polar surface area (TPSA) is 64.9 Å². The van der Waals surface area contributed by atoms with Crippen LogP contribution in [0.5, 0.6) is 0 Å². The van der Waals surface area contributed by atoms with Crippen molar-refractivity contribution in [1.29, 1.82) is 0 Å². The zero-order valence-electron chi connectivity index (χ0n) is 11.5. The third-order valence-corrected chi connectivity index (χ3v) is 2.73. The lowest BCUT2D eigenvalue weighted by Crippen LogP contribution is -2.16. The van der Waals surface area contributed by atoms with E-state index in [-0.39, 0.29) is 23.9 Å². The molecule has 0 aliphatic carbocycles. The highest BCUT2D eigenvalue weighted by molar-refractivity contribution is 5.85. The molecule has 0 spiro atoms. The van der Waals surface area contributed by atoms with E-state index in [1.54, 1.807) is 0 Å². The van der Waals surface area contributed by atoms with Gasteiger partial charge < -0.3 is 10.3 Å². The summed E-state index contributed by atoms with van der Waals surface area (Å²) in [5.74, 6) is 1.20. The van der Waals surface area contributed by atoms with Gasteiger partial charge in [0.2, 0.25) is 5.89 Å². The molecule has 1 aromatic heterocycles. The Bertz CT molecular complexity index is 505. The monoisotopic (exact) mass is 281 g/mol.